The molecule has 206 valence electrons. The first kappa shape index (κ1) is 29.5. The Morgan fingerprint density at radius 1 is 0.737 bits per heavy atom. The number of carbonyl (C=O) groups excluding carboxylic acids is 2. The molecule has 2 aromatic carbocycles. The van der Waals surface area contributed by atoms with E-state index in [0.717, 1.165) is 22.4 Å². The molecule has 3 N–H and O–H groups in total. The molecular formula is C29H39N3O6. The van der Waals surface area contributed by atoms with E-state index < -0.39 is 0 Å². The Bertz CT molecular complexity index is 1030. The summed E-state index contributed by atoms with van der Waals surface area (Å²) in [6.07, 6.45) is 4.35. The van der Waals surface area contributed by atoms with Crippen LogP contribution in [0.15, 0.2) is 48.5 Å². The molecule has 0 radical (unpaired) electrons. The fourth-order valence-electron chi connectivity index (χ4n) is 3.92. The first-order chi connectivity index (χ1) is 18.7. The van der Waals surface area contributed by atoms with Crippen molar-refractivity contribution >= 4 is 29.7 Å². The molecule has 0 saturated carbocycles. The average Bonchev–Trinajstić information content (AvgIpc) is 2.93. The molecule has 38 heavy (non-hydrogen) atoms. The second kappa shape index (κ2) is 17.4. The molecule has 0 unspecified atom stereocenters. The fraction of sp³-hybridized carbons (Fsp3) is 0.448. The Balaban J connectivity index is 1.29. The van der Waals surface area contributed by atoms with Gasteiger partial charge in [-0.25, -0.2) is 0 Å². The molecule has 1 heterocycles. The predicted molar refractivity (Wildman–Crippen MR) is 148 cm³/mol. The zero-order chi connectivity index (χ0) is 26.8. The summed E-state index contributed by atoms with van der Waals surface area (Å²) in [4.78, 5) is 27.3. The molecule has 0 atom stereocenters. The van der Waals surface area contributed by atoms with Crippen molar-refractivity contribution in [1.29, 1.82) is 0 Å². The maximum Gasteiger partial charge on any atom is 0.227 e. The number of nitrogens with zero attached hydrogens (tertiary/aromatic N) is 1. The number of anilines is 1. The van der Waals surface area contributed by atoms with E-state index in [0.29, 0.717) is 72.5 Å². The third kappa shape index (κ3) is 10.4. The summed E-state index contributed by atoms with van der Waals surface area (Å²) in [5.74, 6) is -0.260. The Hall–Kier alpha value is -3.08. The van der Waals surface area contributed by atoms with Crippen LogP contribution in [0.25, 0.3) is 12.2 Å². The van der Waals surface area contributed by atoms with Crippen molar-refractivity contribution in [2.75, 3.05) is 70.8 Å². The average molecular weight is 526 g/mol. The van der Waals surface area contributed by atoms with Crippen molar-refractivity contribution in [3.8, 4) is 0 Å². The van der Waals surface area contributed by atoms with Crippen molar-refractivity contribution in [2.45, 2.75) is 19.4 Å². The molecule has 0 bridgehead atoms. The minimum Gasteiger partial charge on any atom is -0.378 e. The largest absolute Gasteiger partial charge is 0.378 e. The molecule has 0 fully saturated rings. The molecule has 9 heteroatoms. The molecule has 0 aromatic heterocycles. The van der Waals surface area contributed by atoms with Gasteiger partial charge in [-0.3, -0.25) is 9.59 Å². The zero-order valence-corrected chi connectivity index (χ0v) is 21.9. The van der Waals surface area contributed by atoms with E-state index in [9.17, 15) is 9.59 Å². The van der Waals surface area contributed by atoms with Crippen molar-refractivity contribution in [3.63, 3.8) is 0 Å². The molecule has 1 aliphatic heterocycles. The number of rotatable bonds is 17. The number of nitrogens with two attached hydrogens (primary N) is 1. The summed E-state index contributed by atoms with van der Waals surface area (Å²) in [7, 11) is 0. The number of hydrogen-bond acceptors (Lipinski definition) is 7. The van der Waals surface area contributed by atoms with Crippen molar-refractivity contribution in [2.24, 2.45) is 5.73 Å². The smallest absolute Gasteiger partial charge is 0.227 e. The van der Waals surface area contributed by atoms with Crippen LogP contribution in [0.1, 0.15) is 29.5 Å². The number of ether oxygens (including phenoxy) is 4. The molecule has 0 aliphatic carbocycles. The number of amides is 2. The molecule has 2 aromatic rings. The van der Waals surface area contributed by atoms with Gasteiger partial charge in [0.1, 0.15) is 0 Å². The van der Waals surface area contributed by atoms with Crippen LogP contribution >= 0.6 is 0 Å². The third-order valence-electron chi connectivity index (χ3n) is 5.87. The van der Waals surface area contributed by atoms with E-state index in [4.69, 9.17) is 24.7 Å². The van der Waals surface area contributed by atoms with Crippen LogP contribution in [-0.2, 0) is 35.1 Å². The van der Waals surface area contributed by atoms with Crippen molar-refractivity contribution in [1.82, 2.24) is 5.32 Å². The van der Waals surface area contributed by atoms with E-state index in [1.165, 1.54) is 0 Å². The van der Waals surface area contributed by atoms with Gasteiger partial charge in [0, 0.05) is 25.9 Å². The lowest BCUT2D eigenvalue weighted by Gasteiger charge is -2.27. The van der Waals surface area contributed by atoms with E-state index in [1.54, 1.807) is 4.90 Å². The van der Waals surface area contributed by atoms with Gasteiger partial charge in [0.2, 0.25) is 11.8 Å². The minimum absolute atomic E-state index is 0.0850. The van der Waals surface area contributed by atoms with E-state index in [1.807, 2.05) is 54.6 Å². The van der Waals surface area contributed by atoms with Gasteiger partial charge >= 0.3 is 0 Å². The summed E-state index contributed by atoms with van der Waals surface area (Å²) in [5.41, 5.74) is 9.31. The van der Waals surface area contributed by atoms with Gasteiger partial charge in [-0.2, -0.15) is 0 Å². The molecule has 9 nitrogen and oxygen atoms in total. The van der Waals surface area contributed by atoms with Crippen molar-refractivity contribution in [3.05, 3.63) is 65.2 Å². The highest BCUT2D eigenvalue weighted by molar-refractivity contribution is 5.98. The highest BCUT2D eigenvalue weighted by atomic mass is 16.6. The van der Waals surface area contributed by atoms with Crippen LogP contribution in [0.3, 0.4) is 0 Å². The lowest BCUT2D eigenvalue weighted by molar-refractivity contribution is -0.125. The van der Waals surface area contributed by atoms with Gasteiger partial charge in [-0.1, -0.05) is 54.6 Å². The third-order valence-corrected chi connectivity index (χ3v) is 5.87. The lowest BCUT2D eigenvalue weighted by atomic mass is 10.0. The summed E-state index contributed by atoms with van der Waals surface area (Å²) >= 11 is 0. The molecule has 1 aliphatic rings. The number of nitrogens with one attached hydrogen (secondary N) is 1. The minimum atomic E-state index is -0.175. The molecular weight excluding hydrogens is 486 g/mol. The second-order valence-electron chi connectivity index (χ2n) is 8.66. The first-order valence-corrected chi connectivity index (χ1v) is 13.1. The summed E-state index contributed by atoms with van der Waals surface area (Å²) in [5, 5.41) is 2.81. The highest BCUT2D eigenvalue weighted by Crippen LogP contribution is 2.29. The van der Waals surface area contributed by atoms with Crippen LogP contribution in [0, 0.1) is 0 Å². The predicted octanol–water partition coefficient (Wildman–Crippen LogP) is 2.63. The number of fused-ring (bicyclic) bond motifs is 2. The Morgan fingerprint density at radius 2 is 1.32 bits per heavy atom. The summed E-state index contributed by atoms with van der Waals surface area (Å²) in [6.45, 7) is 5.16. The number of benzene rings is 2. The standard InChI is InChI=1S/C29H39N3O6/c30-13-15-35-17-19-37-21-22-38-20-18-36-16-14-31-28(33)11-12-29(34)32-23-26-7-2-1-5-24(26)9-10-25-6-3-4-8-27(25)32/h1-10H,11-23,30H2,(H,31,33)/b10-9-. The van der Waals surface area contributed by atoms with Gasteiger partial charge in [0.25, 0.3) is 0 Å². The lowest BCUT2D eigenvalue weighted by Crippen LogP contribution is -2.33. The van der Waals surface area contributed by atoms with Gasteiger partial charge in [-0.05, 0) is 22.8 Å². The first-order valence-electron chi connectivity index (χ1n) is 13.1. The molecule has 0 saturated heterocycles. The quantitative estimate of drug-likeness (QED) is 0.305. The number of carbonyl (C=O) groups is 2. The molecule has 3 rings (SSSR count). The maximum atomic E-state index is 13.2. The molecule has 0 spiro atoms. The topological polar surface area (TPSA) is 112 Å². The maximum absolute atomic E-state index is 13.2. The Morgan fingerprint density at radius 3 is 2.03 bits per heavy atom. The van der Waals surface area contributed by atoms with Crippen molar-refractivity contribution < 1.29 is 28.5 Å². The summed E-state index contributed by atoms with van der Waals surface area (Å²) in [6, 6.07) is 15.9. The van der Waals surface area contributed by atoms with Crippen LogP contribution < -0.4 is 16.0 Å². The normalized spacial score (nSPS) is 13.2. The van der Waals surface area contributed by atoms with Gasteiger partial charge < -0.3 is 34.9 Å². The van der Waals surface area contributed by atoms with Crippen LogP contribution in [0.4, 0.5) is 5.69 Å². The Kier molecular flexibility index (Phi) is 13.5. The molecule has 2 amide bonds. The number of hydrogen-bond donors (Lipinski definition) is 2. The number of para-hydroxylation sites is 1. The summed E-state index contributed by atoms with van der Waals surface area (Å²) < 4.78 is 21.5. The van der Waals surface area contributed by atoms with E-state index in [-0.39, 0.29) is 24.7 Å². The monoisotopic (exact) mass is 525 g/mol. The van der Waals surface area contributed by atoms with Gasteiger partial charge in [-0.15, -0.1) is 0 Å². The van der Waals surface area contributed by atoms with Gasteiger partial charge in [0.05, 0.1) is 65.1 Å². The highest BCUT2D eigenvalue weighted by Gasteiger charge is 2.21. The fourth-order valence-corrected chi connectivity index (χ4v) is 3.92. The van der Waals surface area contributed by atoms with E-state index >= 15 is 0 Å². The Labute approximate surface area is 224 Å². The van der Waals surface area contributed by atoms with Gasteiger partial charge in [0.15, 0.2) is 0 Å². The van der Waals surface area contributed by atoms with Crippen LogP contribution in [0.5, 0.6) is 0 Å². The SMILES string of the molecule is NCCOCCOCCOCCOCCNC(=O)CCC(=O)N1Cc2ccccc2/C=C\c2ccccc21. The van der Waals surface area contributed by atoms with Crippen LogP contribution in [-0.4, -0.2) is 77.8 Å². The second-order valence-corrected chi connectivity index (χ2v) is 8.66. The van der Waals surface area contributed by atoms with Crippen LogP contribution in [0.2, 0.25) is 0 Å². The van der Waals surface area contributed by atoms with E-state index in [2.05, 4.69) is 11.4 Å². The zero-order valence-electron chi connectivity index (χ0n) is 21.9.